The summed E-state index contributed by atoms with van der Waals surface area (Å²) in [6, 6.07) is 13.9. The van der Waals surface area contributed by atoms with Crippen LogP contribution in [-0.4, -0.2) is 67.4 Å². The average Bonchev–Trinajstić information content (AvgIpc) is 3.75. The van der Waals surface area contributed by atoms with Crippen LogP contribution in [0.15, 0.2) is 71.6 Å². The fourth-order valence-electron chi connectivity index (χ4n) is 5.13. The maximum absolute atomic E-state index is 13.7. The third kappa shape index (κ3) is 8.40. The van der Waals surface area contributed by atoms with Crippen molar-refractivity contribution in [1.82, 2.24) is 46.5 Å². The lowest BCUT2D eigenvalue weighted by Gasteiger charge is -2.27. The summed E-state index contributed by atoms with van der Waals surface area (Å²) in [4.78, 5) is 57.8. The van der Waals surface area contributed by atoms with E-state index in [0.29, 0.717) is 44.3 Å². The zero-order chi connectivity index (χ0) is 32.5. The van der Waals surface area contributed by atoms with Crippen molar-refractivity contribution in [2.75, 3.05) is 6.54 Å². The molecule has 4 N–H and O–H groups in total. The second kappa shape index (κ2) is 15.1. The number of aromatic nitrogens is 5. The molecular weight excluding hydrogens is 590 g/mol. The minimum atomic E-state index is -0.919. The van der Waals surface area contributed by atoms with Crippen LogP contribution in [0, 0.1) is 5.92 Å². The molecule has 0 spiro atoms. The summed E-state index contributed by atoms with van der Waals surface area (Å²) >= 11 is 0. The first-order valence-electron chi connectivity index (χ1n) is 15.3. The number of tetrazole rings is 1. The van der Waals surface area contributed by atoms with Crippen LogP contribution in [0.1, 0.15) is 77.0 Å². The third-order valence-electron chi connectivity index (χ3n) is 7.68. The molecular formula is C32H37N9O5. The number of benzene rings is 2. The molecule has 2 aromatic carbocycles. The van der Waals surface area contributed by atoms with Crippen molar-refractivity contribution in [3.8, 4) is 0 Å². The standard InChI is InChI=1S/C32H37N9O5/c1-20(2)27-31(45)36-25(16-21-8-4-3-5-9-21)32-37-26(18-46-32)29(43)33-15-7-6-10-24(30(44)38-27)35-28(42)23-13-11-22(12-14-23)17-41-19-34-39-40-41/h3-5,8-9,11-14,18-20,24-25,27H,6-7,10,15-17H2,1-2H3,(H,33,43)(H,35,42)(H,36,45)(H,38,44)/t24-,25+,27-/m0/s1. The number of amides is 4. The Labute approximate surface area is 265 Å². The Morgan fingerprint density at radius 3 is 2.50 bits per heavy atom. The van der Waals surface area contributed by atoms with Crippen molar-refractivity contribution in [2.24, 2.45) is 5.92 Å². The first-order valence-corrected chi connectivity index (χ1v) is 15.3. The maximum Gasteiger partial charge on any atom is 0.273 e. The molecule has 0 saturated heterocycles. The average molecular weight is 628 g/mol. The maximum atomic E-state index is 13.7. The number of carbonyl (C=O) groups excluding carboxylic acids is 4. The van der Waals surface area contributed by atoms with Crippen molar-refractivity contribution < 1.29 is 23.6 Å². The molecule has 1 aliphatic rings. The second-order valence-corrected chi connectivity index (χ2v) is 11.5. The van der Waals surface area contributed by atoms with Gasteiger partial charge in [0, 0.05) is 18.5 Å². The molecule has 5 rings (SSSR count). The van der Waals surface area contributed by atoms with Gasteiger partial charge in [0.05, 0.1) is 6.54 Å². The highest BCUT2D eigenvalue weighted by Crippen LogP contribution is 2.20. The van der Waals surface area contributed by atoms with Crippen molar-refractivity contribution >= 4 is 23.6 Å². The molecule has 14 nitrogen and oxygen atoms in total. The van der Waals surface area contributed by atoms with Crippen molar-refractivity contribution in [3.05, 3.63) is 95.5 Å². The highest BCUT2D eigenvalue weighted by molar-refractivity contribution is 5.98. The SMILES string of the molecule is CC(C)[C@@H]1NC(=O)[C@@H](NC(=O)c2ccc(Cn3cnnn3)cc2)CCCCNC(=O)c2coc(n2)[C@@H](Cc2ccccc2)NC1=O. The second-order valence-electron chi connectivity index (χ2n) is 11.5. The van der Waals surface area contributed by atoms with Crippen LogP contribution in [0.5, 0.6) is 0 Å². The van der Waals surface area contributed by atoms with E-state index in [4.69, 9.17) is 4.42 Å². The molecule has 0 radical (unpaired) electrons. The molecule has 46 heavy (non-hydrogen) atoms. The minimum Gasteiger partial charge on any atom is -0.446 e. The summed E-state index contributed by atoms with van der Waals surface area (Å²) in [6.45, 7) is 4.43. The van der Waals surface area contributed by atoms with Gasteiger partial charge >= 0.3 is 0 Å². The monoisotopic (exact) mass is 627 g/mol. The lowest BCUT2D eigenvalue weighted by Crippen LogP contribution is -2.56. The number of hydrogen-bond acceptors (Lipinski definition) is 9. The van der Waals surface area contributed by atoms with Crippen LogP contribution >= 0.6 is 0 Å². The predicted octanol–water partition coefficient (Wildman–Crippen LogP) is 1.96. The Morgan fingerprint density at radius 2 is 1.78 bits per heavy atom. The van der Waals surface area contributed by atoms with Gasteiger partial charge in [0.2, 0.25) is 17.7 Å². The molecule has 3 heterocycles. The molecule has 0 saturated carbocycles. The summed E-state index contributed by atoms with van der Waals surface area (Å²) < 4.78 is 7.23. The smallest absolute Gasteiger partial charge is 0.273 e. The van der Waals surface area contributed by atoms with E-state index in [1.807, 2.05) is 44.2 Å². The fraction of sp³-hybridized carbons (Fsp3) is 0.375. The van der Waals surface area contributed by atoms with Gasteiger partial charge in [0.25, 0.3) is 11.8 Å². The Kier molecular flexibility index (Phi) is 10.5. The van der Waals surface area contributed by atoms with Crippen molar-refractivity contribution in [1.29, 1.82) is 0 Å². The number of carbonyl (C=O) groups is 4. The van der Waals surface area contributed by atoms with Gasteiger partial charge in [-0.2, -0.15) is 0 Å². The van der Waals surface area contributed by atoms with Gasteiger partial charge in [-0.1, -0.05) is 56.3 Å². The van der Waals surface area contributed by atoms with E-state index in [1.165, 1.54) is 12.6 Å². The third-order valence-corrected chi connectivity index (χ3v) is 7.68. The highest BCUT2D eigenvalue weighted by Gasteiger charge is 2.32. The summed E-state index contributed by atoms with van der Waals surface area (Å²) in [7, 11) is 0. The zero-order valence-corrected chi connectivity index (χ0v) is 25.7. The largest absolute Gasteiger partial charge is 0.446 e. The highest BCUT2D eigenvalue weighted by atomic mass is 16.3. The number of nitrogens with one attached hydrogen (secondary N) is 4. The van der Waals surface area contributed by atoms with E-state index in [1.54, 1.807) is 28.9 Å². The number of fused-ring (bicyclic) bond motifs is 2. The van der Waals surface area contributed by atoms with E-state index in [-0.39, 0.29) is 17.5 Å². The van der Waals surface area contributed by atoms with Crippen LogP contribution in [0.2, 0.25) is 0 Å². The van der Waals surface area contributed by atoms with Gasteiger partial charge in [0.1, 0.15) is 30.7 Å². The number of hydrogen-bond donors (Lipinski definition) is 4. The minimum absolute atomic E-state index is 0.109. The first kappa shape index (κ1) is 32.0. The molecule has 4 aromatic rings. The van der Waals surface area contributed by atoms with Crippen LogP contribution in [0.4, 0.5) is 0 Å². The van der Waals surface area contributed by atoms with Gasteiger partial charge in [0.15, 0.2) is 5.69 Å². The Morgan fingerprint density at radius 1 is 1.00 bits per heavy atom. The number of nitrogens with zero attached hydrogens (tertiary/aromatic N) is 5. The van der Waals surface area contributed by atoms with Gasteiger partial charge in [-0.05, 0) is 58.9 Å². The Bertz CT molecular complexity index is 1620. The Hall–Kier alpha value is -5.40. The first-order chi connectivity index (χ1) is 22.3. The van der Waals surface area contributed by atoms with Crippen LogP contribution < -0.4 is 21.3 Å². The summed E-state index contributed by atoms with van der Waals surface area (Å²) in [5, 5.41) is 22.6. The number of rotatable bonds is 7. The van der Waals surface area contributed by atoms with Crippen molar-refractivity contribution in [3.63, 3.8) is 0 Å². The van der Waals surface area contributed by atoms with Crippen LogP contribution in [0.25, 0.3) is 0 Å². The molecule has 3 atom stereocenters. The van der Waals surface area contributed by atoms with E-state index in [2.05, 4.69) is 41.8 Å². The van der Waals surface area contributed by atoms with Gasteiger partial charge in [-0.3, -0.25) is 19.2 Å². The summed E-state index contributed by atoms with van der Waals surface area (Å²) in [5.74, 6) is -1.86. The zero-order valence-electron chi connectivity index (χ0n) is 25.7. The van der Waals surface area contributed by atoms with Crippen molar-refractivity contribution in [2.45, 2.75) is 64.2 Å². The molecule has 0 unspecified atom stereocenters. The molecule has 0 aliphatic carbocycles. The van der Waals surface area contributed by atoms with E-state index in [0.717, 1.165) is 11.1 Å². The molecule has 14 heteroatoms. The van der Waals surface area contributed by atoms with Crippen LogP contribution in [0.3, 0.4) is 0 Å². The molecule has 2 bridgehead atoms. The summed E-state index contributed by atoms with van der Waals surface area (Å²) in [6.07, 6.45) is 4.48. The van der Waals surface area contributed by atoms with Gasteiger partial charge in [-0.25, -0.2) is 9.67 Å². The predicted molar refractivity (Wildman–Crippen MR) is 165 cm³/mol. The molecule has 0 fully saturated rings. The normalized spacial score (nSPS) is 19.6. The van der Waals surface area contributed by atoms with Crippen LogP contribution in [-0.2, 0) is 22.6 Å². The van der Waals surface area contributed by atoms with E-state index < -0.39 is 41.8 Å². The quantitative estimate of drug-likeness (QED) is 0.238. The van der Waals surface area contributed by atoms with Gasteiger partial charge < -0.3 is 25.7 Å². The van der Waals surface area contributed by atoms with Gasteiger partial charge in [-0.15, -0.1) is 5.10 Å². The fourth-order valence-corrected chi connectivity index (χ4v) is 5.13. The molecule has 1 aliphatic heterocycles. The van der Waals surface area contributed by atoms with E-state index in [9.17, 15) is 19.2 Å². The molecule has 240 valence electrons. The molecule has 4 amide bonds. The summed E-state index contributed by atoms with van der Waals surface area (Å²) in [5.41, 5.74) is 2.30. The van der Waals surface area contributed by atoms with E-state index >= 15 is 0 Å². The molecule has 2 aromatic heterocycles. The lowest BCUT2D eigenvalue weighted by molar-refractivity contribution is -0.131. The topological polar surface area (TPSA) is 186 Å². The Balaban J connectivity index is 1.34. The lowest BCUT2D eigenvalue weighted by atomic mass is 10.00. The number of oxazole rings is 1.